The molecule has 0 spiro atoms. The van der Waals surface area contributed by atoms with Crippen LogP contribution in [0.15, 0.2) is 0 Å². The molecule has 0 aromatic rings. The first-order valence-electron chi connectivity index (χ1n) is 9.62. The molecule has 3 rings (SSSR count). The molecule has 1 aliphatic heterocycles. The van der Waals surface area contributed by atoms with Crippen LogP contribution in [-0.2, 0) is 0 Å². The van der Waals surface area contributed by atoms with E-state index in [4.69, 9.17) is 0 Å². The van der Waals surface area contributed by atoms with Gasteiger partial charge < -0.3 is 10.2 Å². The number of piperazine rings is 1. The number of hydrogen-bond acceptors (Lipinski definition) is 2. The molecule has 1 N–H and O–H groups in total. The van der Waals surface area contributed by atoms with Crippen LogP contribution >= 0.6 is 0 Å². The molecule has 2 amide bonds. The lowest BCUT2D eigenvalue weighted by Crippen LogP contribution is -2.55. The summed E-state index contributed by atoms with van der Waals surface area (Å²) in [6.07, 6.45) is 14.5. The van der Waals surface area contributed by atoms with E-state index in [1.54, 1.807) is 0 Å². The second-order valence-corrected chi connectivity index (χ2v) is 7.45. The fourth-order valence-corrected chi connectivity index (χ4v) is 4.43. The molecule has 1 saturated heterocycles. The Kier molecular flexibility index (Phi) is 5.99. The molecule has 4 heteroatoms. The summed E-state index contributed by atoms with van der Waals surface area (Å²) < 4.78 is 0. The smallest absolute Gasteiger partial charge is 0.317 e. The van der Waals surface area contributed by atoms with Crippen LogP contribution in [0.5, 0.6) is 0 Å². The summed E-state index contributed by atoms with van der Waals surface area (Å²) in [6.45, 7) is 3.97. The summed E-state index contributed by atoms with van der Waals surface area (Å²) >= 11 is 0. The Hall–Kier alpha value is -0.770. The van der Waals surface area contributed by atoms with Crippen molar-refractivity contribution in [2.75, 3.05) is 26.2 Å². The summed E-state index contributed by atoms with van der Waals surface area (Å²) in [4.78, 5) is 17.1. The van der Waals surface area contributed by atoms with Gasteiger partial charge in [-0.15, -0.1) is 0 Å². The van der Waals surface area contributed by atoms with Gasteiger partial charge in [0.1, 0.15) is 0 Å². The predicted octanol–water partition coefficient (Wildman–Crippen LogP) is 3.37. The van der Waals surface area contributed by atoms with Crippen molar-refractivity contribution in [3.05, 3.63) is 0 Å². The Labute approximate surface area is 135 Å². The molecule has 0 aromatic carbocycles. The SMILES string of the molecule is O=C(NC1CCCCCC1)N1CCN(C2CCCCC2)CC1. The average Bonchev–Trinajstić information content (AvgIpc) is 2.84. The molecule has 0 aromatic heterocycles. The molecule has 3 fully saturated rings. The van der Waals surface area contributed by atoms with E-state index in [1.165, 1.54) is 70.6 Å². The Bertz CT molecular complexity index is 338. The van der Waals surface area contributed by atoms with E-state index in [2.05, 4.69) is 10.2 Å². The van der Waals surface area contributed by atoms with Gasteiger partial charge in [0.25, 0.3) is 0 Å². The molecule has 1 heterocycles. The van der Waals surface area contributed by atoms with Crippen LogP contribution in [0.25, 0.3) is 0 Å². The molecule has 0 unspecified atom stereocenters. The fraction of sp³-hybridized carbons (Fsp3) is 0.944. The molecule has 2 aliphatic carbocycles. The minimum Gasteiger partial charge on any atom is -0.335 e. The summed E-state index contributed by atoms with van der Waals surface area (Å²) in [5.74, 6) is 0. The third kappa shape index (κ3) is 4.37. The number of nitrogens with zero attached hydrogens (tertiary/aromatic N) is 2. The molecule has 2 saturated carbocycles. The molecule has 0 atom stereocenters. The second kappa shape index (κ2) is 8.19. The first kappa shape index (κ1) is 16.1. The number of carbonyl (C=O) groups excluding carboxylic acids is 1. The lowest BCUT2D eigenvalue weighted by Gasteiger charge is -2.41. The quantitative estimate of drug-likeness (QED) is 0.794. The number of carbonyl (C=O) groups is 1. The zero-order chi connectivity index (χ0) is 15.2. The summed E-state index contributed by atoms with van der Waals surface area (Å²) in [5.41, 5.74) is 0. The zero-order valence-electron chi connectivity index (χ0n) is 14.1. The monoisotopic (exact) mass is 307 g/mol. The van der Waals surface area contributed by atoms with Crippen molar-refractivity contribution < 1.29 is 4.79 Å². The Morgan fingerprint density at radius 1 is 0.727 bits per heavy atom. The maximum atomic E-state index is 12.5. The van der Waals surface area contributed by atoms with Gasteiger partial charge in [0.05, 0.1) is 0 Å². The van der Waals surface area contributed by atoms with Crippen LogP contribution in [0.4, 0.5) is 4.79 Å². The van der Waals surface area contributed by atoms with Gasteiger partial charge in [0.15, 0.2) is 0 Å². The van der Waals surface area contributed by atoms with Crippen LogP contribution in [0.3, 0.4) is 0 Å². The first-order valence-corrected chi connectivity index (χ1v) is 9.62. The van der Waals surface area contributed by atoms with Crippen molar-refractivity contribution in [2.45, 2.75) is 82.7 Å². The van der Waals surface area contributed by atoms with Gasteiger partial charge in [0.2, 0.25) is 0 Å². The number of rotatable bonds is 2. The highest BCUT2D eigenvalue weighted by molar-refractivity contribution is 5.74. The normalized spacial score (nSPS) is 26.6. The van der Waals surface area contributed by atoms with Crippen molar-refractivity contribution in [3.63, 3.8) is 0 Å². The van der Waals surface area contributed by atoms with Crippen molar-refractivity contribution in [1.29, 1.82) is 0 Å². The standard InChI is InChI=1S/C18H33N3O/c22-18(19-16-8-4-1-2-5-9-16)21-14-12-20(13-15-21)17-10-6-3-7-11-17/h16-17H,1-15H2,(H,19,22). The number of hydrogen-bond donors (Lipinski definition) is 1. The lowest BCUT2D eigenvalue weighted by molar-refractivity contribution is 0.0895. The van der Waals surface area contributed by atoms with E-state index < -0.39 is 0 Å². The minimum atomic E-state index is 0.190. The zero-order valence-corrected chi connectivity index (χ0v) is 14.1. The van der Waals surface area contributed by atoms with E-state index >= 15 is 0 Å². The summed E-state index contributed by atoms with van der Waals surface area (Å²) in [6, 6.07) is 1.40. The van der Waals surface area contributed by atoms with Gasteiger partial charge >= 0.3 is 6.03 Å². The molecular formula is C18H33N3O. The number of amides is 2. The molecule has 126 valence electrons. The maximum absolute atomic E-state index is 12.5. The molecule has 3 aliphatic rings. The Morgan fingerprint density at radius 2 is 1.27 bits per heavy atom. The van der Waals surface area contributed by atoms with Gasteiger partial charge in [-0.3, -0.25) is 4.90 Å². The molecule has 0 radical (unpaired) electrons. The second-order valence-electron chi connectivity index (χ2n) is 7.45. The molecule has 0 bridgehead atoms. The first-order chi connectivity index (χ1) is 10.8. The average molecular weight is 307 g/mol. The third-order valence-electron chi connectivity index (χ3n) is 5.88. The van der Waals surface area contributed by atoms with E-state index in [1.807, 2.05) is 4.90 Å². The van der Waals surface area contributed by atoms with Crippen LogP contribution in [0.2, 0.25) is 0 Å². The van der Waals surface area contributed by atoms with Gasteiger partial charge in [-0.05, 0) is 25.7 Å². The van der Waals surface area contributed by atoms with Crippen molar-refractivity contribution in [3.8, 4) is 0 Å². The summed E-state index contributed by atoms with van der Waals surface area (Å²) in [7, 11) is 0. The number of nitrogens with one attached hydrogen (secondary N) is 1. The molecular weight excluding hydrogens is 274 g/mol. The third-order valence-corrected chi connectivity index (χ3v) is 5.88. The van der Waals surface area contributed by atoms with Crippen LogP contribution in [-0.4, -0.2) is 54.1 Å². The van der Waals surface area contributed by atoms with Crippen molar-refractivity contribution >= 4 is 6.03 Å². The van der Waals surface area contributed by atoms with E-state index in [9.17, 15) is 4.79 Å². The van der Waals surface area contributed by atoms with Crippen LogP contribution in [0.1, 0.15) is 70.6 Å². The van der Waals surface area contributed by atoms with Crippen LogP contribution < -0.4 is 5.32 Å². The van der Waals surface area contributed by atoms with Gasteiger partial charge in [-0.25, -0.2) is 4.79 Å². The van der Waals surface area contributed by atoms with E-state index in [0.717, 1.165) is 32.2 Å². The van der Waals surface area contributed by atoms with Crippen molar-refractivity contribution in [2.24, 2.45) is 0 Å². The summed E-state index contributed by atoms with van der Waals surface area (Å²) in [5, 5.41) is 3.29. The minimum absolute atomic E-state index is 0.190. The molecule has 22 heavy (non-hydrogen) atoms. The highest BCUT2D eigenvalue weighted by atomic mass is 16.2. The highest BCUT2D eigenvalue weighted by Gasteiger charge is 2.27. The Balaban J connectivity index is 1.41. The fourth-order valence-electron chi connectivity index (χ4n) is 4.43. The lowest BCUT2D eigenvalue weighted by atomic mass is 9.94. The molecule has 4 nitrogen and oxygen atoms in total. The topological polar surface area (TPSA) is 35.6 Å². The van der Waals surface area contributed by atoms with Gasteiger partial charge in [-0.2, -0.15) is 0 Å². The number of urea groups is 1. The highest BCUT2D eigenvalue weighted by Crippen LogP contribution is 2.23. The van der Waals surface area contributed by atoms with E-state index in [-0.39, 0.29) is 6.03 Å². The van der Waals surface area contributed by atoms with Gasteiger partial charge in [-0.1, -0.05) is 44.9 Å². The van der Waals surface area contributed by atoms with Crippen LogP contribution in [0, 0.1) is 0 Å². The Morgan fingerprint density at radius 3 is 1.91 bits per heavy atom. The largest absolute Gasteiger partial charge is 0.335 e. The van der Waals surface area contributed by atoms with E-state index in [0.29, 0.717) is 6.04 Å². The maximum Gasteiger partial charge on any atom is 0.317 e. The predicted molar refractivity (Wildman–Crippen MR) is 90.0 cm³/mol. The van der Waals surface area contributed by atoms with Gasteiger partial charge in [0, 0.05) is 38.3 Å². The van der Waals surface area contributed by atoms with Crippen molar-refractivity contribution in [1.82, 2.24) is 15.1 Å².